The molecule has 1 amide bonds. The minimum Gasteiger partial charge on any atom is -0.355 e. The summed E-state index contributed by atoms with van der Waals surface area (Å²) in [7, 11) is -2.04. The number of nitrogens with zero attached hydrogens (tertiary/aromatic N) is 1. The van der Waals surface area contributed by atoms with Crippen LogP contribution in [0.1, 0.15) is 34.8 Å². The summed E-state index contributed by atoms with van der Waals surface area (Å²) in [4.78, 5) is 11.8. The predicted octanol–water partition coefficient (Wildman–Crippen LogP) is 2.57. The van der Waals surface area contributed by atoms with Crippen LogP contribution in [0.15, 0.2) is 59.5 Å². The van der Waals surface area contributed by atoms with Crippen LogP contribution in [-0.2, 0) is 10.0 Å². The van der Waals surface area contributed by atoms with Gasteiger partial charge in [-0.15, -0.1) is 0 Å². The Hall–Kier alpha value is -2.18. The molecule has 0 radical (unpaired) electrons. The van der Waals surface area contributed by atoms with Crippen molar-refractivity contribution >= 4 is 15.9 Å². The van der Waals surface area contributed by atoms with Crippen molar-refractivity contribution in [2.45, 2.75) is 23.8 Å². The Morgan fingerprint density at radius 1 is 1.08 bits per heavy atom. The third kappa shape index (κ3) is 3.07. The van der Waals surface area contributed by atoms with Crippen LogP contribution in [0, 0.1) is 0 Å². The normalized spacial score (nSPS) is 18.5. The lowest BCUT2D eigenvalue weighted by Crippen LogP contribution is -2.30. The molecule has 0 unspecified atom stereocenters. The number of carbonyl (C=O) groups is 1. The molecule has 1 atom stereocenters. The molecule has 2 aromatic carbocycles. The van der Waals surface area contributed by atoms with E-state index in [1.165, 1.54) is 12.1 Å². The quantitative estimate of drug-likeness (QED) is 0.927. The average Bonchev–Trinajstić information content (AvgIpc) is 3.12. The maximum atomic E-state index is 13.0. The molecule has 0 aliphatic carbocycles. The van der Waals surface area contributed by atoms with Crippen molar-refractivity contribution in [1.29, 1.82) is 0 Å². The maximum Gasteiger partial charge on any atom is 0.251 e. The van der Waals surface area contributed by atoms with Crippen molar-refractivity contribution in [3.05, 3.63) is 65.7 Å². The Bertz CT molecular complexity index is 817. The van der Waals surface area contributed by atoms with E-state index in [2.05, 4.69) is 5.32 Å². The second-order valence-corrected chi connectivity index (χ2v) is 7.68. The zero-order valence-corrected chi connectivity index (χ0v) is 14.3. The minimum atomic E-state index is -3.58. The van der Waals surface area contributed by atoms with Gasteiger partial charge >= 0.3 is 0 Å². The highest BCUT2D eigenvalue weighted by molar-refractivity contribution is 7.89. The minimum absolute atomic E-state index is 0.130. The van der Waals surface area contributed by atoms with E-state index in [1.807, 2.05) is 30.3 Å². The molecule has 0 saturated carbocycles. The average molecular weight is 344 g/mol. The summed E-state index contributed by atoms with van der Waals surface area (Å²) in [5.74, 6) is -0.234. The van der Waals surface area contributed by atoms with Crippen LogP contribution in [0.4, 0.5) is 0 Å². The largest absolute Gasteiger partial charge is 0.355 e. The molecule has 2 aromatic rings. The summed E-state index contributed by atoms with van der Waals surface area (Å²) in [5.41, 5.74) is 1.46. The molecule has 126 valence electrons. The number of rotatable bonds is 4. The third-order valence-corrected chi connectivity index (χ3v) is 6.26. The van der Waals surface area contributed by atoms with Crippen molar-refractivity contribution in [3.8, 4) is 0 Å². The fourth-order valence-electron chi connectivity index (χ4n) is 3.09. The molecule has 1 aliphatic heterocycles. The van der Waals surface area contributed by atoms with Gasteiger partial charge in [-0.25, -0.2) is 8.42 Å². The van der Waals surface area contributed by atoms with Crippen LogP contribution in [-0.4, -0.2) is 32.2 Å². The van der Waals surface area contributed by atoms with E-state index < -0.39 is 10.0 Å². The Labute approximate surface area is 142 Å². The van der Waals surface area contributed by atoms with Crippen LogP contribution >= 0.6 is 0 Å². The van der Waals surface area contributed by atoms with E-state index in [9.17, 15) is 13.2 Å². The van der Waals surface area contributed by atoms with Gasteiger partial charge in [0.1, 0.15) is 0 Å². The van der Waals surface area contributed by atoms with Crippen molar-refractivity contribution in [2.24, 2.45) is 0 Å². The molecule has 5 nitrogen and oxygen atoms in total. The molecule has 0 bridgehead atoms. The van der Waals surface area contributed by atoms with Crippen LogP contribution < -0.4 is 5.32 Å². The predicted molar refractivity (Wildman–Crippen MR) is 92.1 cm³/mol. The zero-order valence-electron chi connectivity index (χ0n) is 13.5. The molecular weight excluding hydrogens is 324 g/mol. The van der Waals surface area contributed by atoms with Gasteiger partial charge in [0.25, 0.3) is 5.91 Å². The van der Waals surface area contributed by atoms with Gasteiger partial charge in [0.15, 0.2) is 0 Å². The lowest BCUT2D eigenvalue weighted by molar-refractivity contribution is 0.0963. The highest BCUT2D eigenvalue weighted by Gasteiger charge is 2.36. The van der Waals surface area contributed by atoms with E-state index >= 15 is 0 Å². The van der Waals surface area contributed by atoms with Crippen LogP contribution in [0.3, 0.4) is 0 Å². The van der Waals surface area contributed by atoms with Gasteiger partial charge < -0.3 is 5.32 Å². The lowest BCUT2D eigenvalue weighted by atomic mass is 10.1. The van der Waals surface area contributed by atoms with E-state index in [4.69, 9.17) is 0 Å². The number of nitrogens with one attached hydrogen (secondary N) is 1. The molecule has 24 heavy (non-hydrogen) atoms. The van der Waals surface area contributed by atoms with Gasteiger partial charge in [-0.2, -0.15) is 4.31 Å². The first-order valence-electron chi connectivity index (χ1n) is 7.93. The number of sulfonamides is 1. The number of benzene rings is 2. The molecule has 1 aliphatic rings. The Morgan fingerprint density at radius 3 is 2.38 bits per heavy atom. The highest BCUT2D eigenvalue weighted by atomic mass is 32.2. The molecule has 1 heterocycles. The highest BCUT2D eigenvalue weighted by Crippen LogP contribution is 2.36. The monoisotopic (exact) mass is 344 g/mol. The number of hydrogen-bond donors (Lipinski definition) is 1. The van der Waals surface area contributed by atoms with E-state index in [1.54, 1.807) is 23.5 Å². The standard InChI is InChI=1S/C18H20N2O3S/c1-19-18(21)15-9-11-16(12-10-15)24(22,23)20-13-5-8-17(20)14-6-3-2-4-7-14/h2-4,6-7,9-12,17H,5,8,13H2,1H3,(H,19,21)/t17-/m1/s1. The topological polar surface area (TPSA) is 66.5 Å². The summed E-state index contributed by atoms with van der Waals surface area (Å²) in [5, 5.41) is 2.52. The van der Waals surface area contributed by atoms with Gasteiger partial charge in [-0.3, -0.25) is 4.79 Å². The summed E-state index contributed by atoms with van der Waals surface area (Å²) in [6, 6.07) is 15.7. The van der Waals surface area contributed by atoms with Gasteiger partial charge in [0.05, 0.1) is 10.9 Å². The van der Waals surface area contributed by atoms with Crippen LogP contribution in [0.25, 0.3) is 0 Å². The van der Waals surface area contributed by atoms with Crippen molar-refractivity contribution in [1.82, 2.24) is 9.62 Å². The molecular formula is C18H20N2O3S. The summed E-state index contributed by atoms with van der Waals surface area (Å²) in [6.45, 7) is 0.513. The van der Waals surface area contributed by atoms with E-state index in [0.717, 1.165) is 18.4 Å². The fraction of sp³-hybridized carbons (Fsp3) is 0.278. The van der Waals surface area contributed by atoms with Crippen LogP contribution in [0.2, 0.25) is 0 Å². The summed E-state index contributed by atoms with van der Waals surface area (Å²) >= 11 is 0. The number of carbonyl (C=O) groups excluding carboxylic acids is 1. The van der Waals surface area contributed by atoms with Crippen LogP contribution in [0.5, 0.6) is 0 Å². The second kappa shape index (κ2) is 6.75. The number of amides is 1. The summed E-state index contributed by atoms with van der Waals surface area (Å²) < 4.78 is 27.6. The first-order valence-corrected chi connectivity index (χ1v) is 9.37. The molecule has 6 heteroatoms. The van der Waals surface area contributed by atoms with Gasteiger partial charge in [0.2, 0.25) is 10.0 Å². The first-order chi connectivity index (χ1) is 11.5. The Morgan fingerprint density at radius 2 is 1.75 bits per heavy atom. The molecule has 0 spiro atoms. The first kappa shape index (κ1) is 16.7. The Balaban J connectivity index is 1.91. The third-order valence-electron chi connectivity index (χ3n) is 4.34. The smallest absolute Gasteiger partial charge is 0.251 e. The van der Waals surface area contributed by atoms with Gasteiger partial charge in [0, 0.05) is 19.2 Å². The molecule has 1 fully saturated rings. The van der Waals surface area contributed by atoms with E-state index in [0.29, 0.717) is 12.1 Å². The summed E-state index contributed by atoms with van der Waals surface area (Å²) in [6.07, 6.45) is 1.66. The SMILES string of the molecule is CNC(=O)c1ccc(S(=O)(=O)N2CCC[C@@H]2c2ccccc2)cc1. The zero-order chi connectivity index (χ0) is 17.2. The molecule has 3 rings (SSSR count). The maximum absolute atomic E-state index is 13.0. The Kier molecular flexibility index (Phi) is 4.69. The van der Waals surface area contributed by atoms with Crippen molar-refractivity contribution in [3.63, 3.8) is 0 Å². The molecule has 1 N–H and O–H groups in total. The fourth-order valence-corrected chi connectivity index (χ4v) is 4.78. The molecule has 1 saturated heterocycles. The van der Waals surface area contributed by atoms with E-state index in [-0.39, 0.29) is 16.8 Å². The van der Waals surface area contributed by atoms with Gasteiger partial charge in [-0.1, -0.05) is 30.3 Å². The van der Waals surface area contributed by atoms with Gasteiger partial charge in [-0.05, 0) is 42.7 Å². The lowest BCUT2D eigenvalue weighted by Gasteiger charge is -2.24. The number of hydrogen-bond acceptors (Lipinski definition) is 3. The van der Waals surface area contributed by atoms with Crippen molar-refractivity contribution in [2.75, 3.05) is 13.6 Å². The molecule has 0 aromatic heterocycles. The van der Waals surface area contributed by atoms with Crippen molar-refractivity contribution < 1.29 is 13.2 Å². The second-order valence-electron chi connectivity index (χ2n) is 5.79.